The summed E-state index contributed by atoms with van der Waals surface area (Å²) in [6.07, 6.45) is 7.47. The highest BCUT2D eigenvalue weighted by atomic mass is 19.1. The van der Waals surface area contributed by atoms with Crippen molar-refractivity contribution in [1.82, 2.24) is 9.47 Å². The van der Waals surface area contributed by atoms with Crippen LogP contribution < -0.4 is 0 Å². The van der Waals surface area contributed by atoms with E-state index in [1.54, 1.807) is 12.1 Å². The number of hydrogen-bond donors (Lipinski definition) is 0. The van der Waals surface area contributed by atoms with Gasteiger partial charge in [-0.25, -0.2) is 4.39 Å². The quantitative estimate of drug-likeness (QED) is 0.799. The molecule has 1 aromatic heterocycles. The number of aromatic nitrogens is 1. The second-order valence-electron chi connectivity index (χ2n) is 5.62. The van der Waals surface area contributed by atoms with E-state index in [0.29, 0.717) is 0 Å². The minimum absolute atomic E-state index is 0.157. The molecule has 1 aliphatic heterocycles. The maximum absolute atomic E-state index is 13.3. The number of hydrogen-bond acceptors (Lipinski definition) is 1. The molecule has 0 unspecified atom stereocenters. The molecule has 1 saturated heterocycles. The zero-order valence-electron chi connectivity index (χ0n) is 11.5. The summed E-state index contributed by atoms with van der Waals surface area (Å²) >= 11 is 0. The van der Waals surface area contributed by atoms with E-state index in [1.165, 1.54) is 49.7 Å². The molecular formula is C16H21FN2. The first-order valence-corrected chi connectivity index (χ1v) is 7.20. The molecular weight excluding hydrogens is 239 g/mol. The number of rotatable bonds is 2. The van der Waals surface area contributed by atoms with E-state index in [2.05, 4.69) is 11.1 Å². The van der Waals surface area contributed by atoms with Gasteiger partial charge in [-0.05, 0) is 49.7 Å². The summed E-state index contributed by atoms with van der Waals surface area (Å²) in [5.41, 5.74) is 2.31. The van der Waals surface area contributed by atoms with Crippen LogP contribution in [-0.2, 0) is 13.6 Å². The summed E-state index contributed by atoms with van der Waals surface area (Å²) in [4.78, 5) is 2.53. The Morgan fingerprint density at radius 3 is 2.58 bits per heavy atom. The molecule has 0 N–H and O–H groups in total. The van der Waals surface area contributed by atoms with Crippen LogP contribution in [0.25, 0.3) is 10.9 Å². The standard InChI is InChI=1S/C16H21FN2/c1-18-11-13(12-19-8-4-2-3-5-9-19)15-7-6-14(17)10-16(15)18/h6-7,10-11H,2-5,8-9,12H2,1H3. The Bertz CT molecular complexity index is 565. The Labute approximate surface area is 113 Å². The van der Waals surface area contributed by atoms with E-state index >= 15 is 0 Å². The maximum atomic E-state index is 13.3. The summed E-state index contributed by atoms with van der Waals surface area (Å²) in [6, 6.07) is 5.10. The van der Waals surface area contributed by atoms with E-state index in [0.717, 1.165) is 12.1 Å². The number of benzene rings is 1. The van der Waals surface area contributed by atoms with Gasteiger partial charge in [0.2, 0.25) is 0 Å². The van der Waals surface area contributed by atoms with Gasteiger partial charge in [0.05, 0.1) is 5.52 Å². The Morgan fingerprint density at radius 2 is 1.84 bits per heavy atom. The van der Waals surface area contributed by atoms with Gasteiger partial charge in [0.1, 0.15) is 5.82 Å². The average Bonchev–Trinajstić information content (AvgIpc) is 2.58. The Hall–Kier alpha value is -1.35. The summed E-state index contributed by atoms with van der Waals surface area (Å²) in [7, 11) is 1.99. The van der Waals surface area contributed by atoms with Crippen molar-refractivity contribution in [2.24, 2.45) is 7.05 Å². The molecule has 0 spiro atoms. The van der Waals surface area contributed by atoms with E-state index in [-0.39, 0.29) is 5.82 Å². The molecule has 0 bridgehead atoms. The van der Waals surface area contributed by atoms with Crippen LogP contribution in [0.15, 0.2) is 24.4 Å². The van der Waals surface area contributed by atoms with Gasteiger partial charge >= 0.3 is 0 Å². The fraction of sp³-hybridized carbons (Fsp3) is 0.500. The molecule has 0 aliphatic carbocycles. The van der Waals surface area contributed by atoms with Crippen LogP contribution in [0.3, 0.4) is 0 Å². The third-order valence-corrected chi connectivity index (χ3v) is 4.13. The average molecular weight is 260 g/mol. The van der Waals surface area contributed by atoms with Gasteiger partial charge in [0, 0.05) is 25.2 Å². The molecule has 19 heavy (non-hydrogen) atoms. The lowest BCUT2D eigenvalue weighted by atomic mass is 10.1. The van der Waals surface area contributed by atoms with Crippen molar-refractivity contribution < 1.29 is 4.39 Å². The molecule has 3 heteroatoms. The second kappa shape index (κ2) is 5.33. The van der Waals surface area contributed by atoms with Crippen LogP contribution in [0.1, 0.15) is 31.2 Å². The highest BCUT2D eigenvalue weighted by Gasteiger charge is 2.13. The minimum Gasteiger partial charge on any atom is -0.350 e. The third kappa shape index (κ3) is 2.66. The Balaban J connectivity index is 1.88. The largest absolute Gasteiger partial charge is 0.350 e. The minimum atomic E-state index is -0.157. The normalized spacial score (nSPS) is 17.8. The Morgan fingerprint density at radius 1 is 1.11 bits per heavy atom. The molecule has 0 atom stereocenters. The highest BCUT2D eigenvalue weighted by molar-refractivity contribution is 5.83. The number of likely N-dealkylation sites (tertiary alicyclic amines) is 1. The maximum Gasteiger partial charge on any atom is 0.125 e. The Kier molecular flexibility index (Phi) is 3.56. The van der Waals surface area contributed by atoms with Crippen LogP contribution >= 0.6 is 0 Å². The van der Waals surface area contributed by atoms with Gasteiger partial charge in [0.25, 0.3) is 0 Å². The molecule has 0 radical (unpaired) electrons. The van der Waals surface area contributed by atoms with Gasteiger partial charge < -0.3 is 4.57 Å². The van der Waals surface area contributed by atoms with Crippen LogP contribution in [0.4, 0.5) is 4.39 Å². The van der Waals surface area contributed by atoms with Gasteiger partial charge in [-0.15, -0.1) is 0 Å². The van der Waals surface area contributed by atoms with E-state index in [4.69, 9.17) is 0 Å². The number of nitrogens with zero attached hydrogens (tertiary/aromatic N) is 2. The zero-order valence-corrected chi connectivity index (χ0v) is 11.5. The van der Waals surface area contributed by atoms with Crippen LogP contribution in [0, 0.1) is 5.82 Å². The monoisotopic (exact) mass is 260 g/mol. The molecule has 1 fully saturated rings. The van der Waals surface area contributed by atoms with Crippen molar-refractivity contribution in [1.29, 1.82) is 0 Å². The lowest BCUT2D eigenvalue weighted by Crippen LogP contribution is -2.23. The van der Waals surface area contributed by atoms with Crippen molar-refractivity contribution in [3.63, 3.8) is 0 Å². The predicted molar refractivity (Wildman–Crippen MR) is 76.6 cm³/mol. The van der Waals surface area contributed by atoms with Crippen LogP contribution in [-0.4, -0.2) is 22.6 Å². The number of fused-ring (bicyclic) bond motifs is 1. The fourth-order valence-corrected chi connectivity index (χ4v) is 3.10. The molecule has 2 nitrogen and oxygen atoms in total. The number of aryl methyl sites for hydroxylation is 1. The molecule has 2 aromatic rings. The van der Waals surface area contributed by atoms with Gasteiger partial charge in [-0.2, -0.15) is 0 Å². The lowest BCUT2D eigenvalue weighted by molar-refractivity contribution is 0.278. The first kappa shape index (κ1) is 12.7. The fourth-order valence-electron chi connectivity index (χ4n) is 3.10. The van der Waals surface area contributed by atoms with Crippen molar-refractivity contribution in [3.8, 4) is 0 Å². The SMILES string of the molecule is Cn1cc(CN2CCCCCC2)c2ccc(F)cc21. The molecule has 1 aliphatic rings. The van der Waals surface area contributed by atoms with E-state index < -0.39 is 0 Å². The molecule has 102 valence electrons. The summed E-state index contributed by atoms with van der Waals surface area (Å²) in [5, 5.41) is 1.19. The van der Waals surface area contributed by atoms with Crippen LogP contribution in [0.2, 0.25) is 0 Å². The van der Waals surface area contributed by atoms with Crippen molar-refractivity contribution in [2.45, 2.75) is 32.2 Å². The summed E-state index contributed by atoms with van der Waals surface area (Å²) in [6.45, 7) is 3.37. The van der Waals surface area contributed by atoms with E-state index in [9.17, 15) is 4.39 Å². The van der Waals surface area contributed by atoms with E-state index in [1.807, 2.05) is 17.7 Å². The predicted octanol–water partition coefficient (Wildman–Crippen LogP) is 3.69. The summed E-state index contributed by atoms with van der Waals surface area (Å²) < 4.78 is 15.3. The topological polar surface area (TPSA) is 8.17 Å². The third-order valence-electron chi connectivity index (χ3n) is 4.13. The van der Waals surface area contributed by atoms with Crippen molar-refractivity contribution >= 4 is 10.9 Å². The van der Waals surface area contributed by atoms with Crippen LogP contribution in [0.5, 0.6) is 0 Å². The number of halogens is 1. The first-order valence-electron chi connectivity index (χ1n) is 7.20. The summed E-state index contributed by atoms with van der Waals surface area (Å²) in [5.74, 6) is -0.157. The van der Waals surface area contributed by atoms with Crippen molar-refractivity contribution in [3.05, 3.63) is 35.8 Å². The lowest BCUT2D eigenvalue weighted by Gasteiger charge is -2.19. The van der Waals surface area contributed by atoms with Crippen molar-refractivity contribution in [2.75, 3.05) is 13.1 Å². The first-order chi connectivity index (χ1) is 9.24. The zero-order chi connectivity index (χ0) is 13.2. The smallest absolute Gasteiger partial charge is 0.125 e. The van der Waals surface area contributed by atoms with Gasteiger partial charge in [0.15, 0.2) is 0 Å². The van der Waals surface area contributed by atoms with Gasteiger partial charge in [-0.1, -0.05) is 12.8 Å². The molecule has 1 aromatic carbocycles. The van der Waals surface area contributed by atoms with Gasteiger partial charge in [-0.3, -0.25) is 4.90 Å². The molecule has 2 heterocycles. The highest BCUT2D eigenvalue weighted by Crippen LogP contribution is 2.24. The molecule has 0 saturated carbocycles. The second-order valence-corrected chi connectivity index (χ2v) is 5.62. The molecule has 0 amide bonds. The molecule has 3 rings (SSSR count).